The molecule has 1 aromatic rings. The smallest absolute Gasteiger partial charge is 0.210 e. The van der Waals surface area contributed by atoms with Crippen molar-refractivity contribution in [2.75, 3.05) is 5.33 Å². The van der Waals surface area contributed by atoms with E-state index in [0.717, 1.165) is 5.56 Å². The maximum Gasteiger partial charge on any atom is 0.245 e. The zero-order chi connectivity index (χ0) is 10.6. The average molecular weight is 273 g/mol. The lowest BCUT2D eigenvalue weighted by Gasteiger charge is -1.96. The van der Waals surface area contributed by atoms with Gasteiger partial charge in [0, 0.05) is 5.25 Å². The number of halogens is 1. The maximum atomic E-state index is 11.5. The van der Waals surface area contributed by atoms with E-state index in [1.165, 1.54) is 0 Å². The second kappa shape index (κ2) is 4.63. The maximum absolute atomic E-state index is 11.5. The summed E-state index contributed by atoms with van der Waals surface area (Å²) in [6, 6.07) is 6.63. The molecule has 0 atom stereocenters. The monoisotopic (exact) mass is 272 g/mol. The molecule has 0 aliphatic carbocycles. The third-order valence-electron chi connectivity index (χ3n) is 1.60. The molecule has 0 N–H and O–H groups in total. The van der Waals surface area contributed by atoms with Gasteiger partial charge >= 0.3 is 0 Å². The zero-order valence-electron chi connectivity index (χ0n) is 7.62. The van der Waals surface area contributed by atoms with Gasteiger partial charge in [-0.2, -0.15) is 0 Å². The van der Waals surface area contributed by atoms with Gasteiger partial charge in [-0.15, -0.1) is 0 Å². The minimum Gasteiger partial charge on any atom is -0.210 e. The minimum absolute atomic E-state index is 0.247. The molecule has 0 bridgehead atoms. The van der Waals surface area contributed by atoms with Gasteiger partial charge in [-0.05, 0) is 19.1 Å². The normalized spacial score (nSPS) is 10.4. The van der Waals surface area contributed by atoms with Crippen LogP contribution in [-0.2, 0) is 9.84 Å². The third kappa shape index (κ3) is 2.86. The van der Waals surface area contributed by atoms with Crippen molar-refractivity contribution in [3.63, 3.8) is 0 Å². The number of hydrogen-bond acceptors (Lipinski definition) is 2. The van der Waals surface area contributed by atoms with E-state index in [4.69, 9.17) is 0 Å². The number of rotatable bonds is 1. The second-order valence-corrected chi connectivity index (χ2v) is 4.97. The van der Waals surface area contributed by atoms with Crippen LogP contribution in [0.4, 0.5) is 0 Å². The van der Waals surface area contributed by atoms with E-state index in [9.17, 15) is 8.42 Å². The first-order chi connectivity index (χ1) is 6.56. The Hall–Kier alpha value is -0.790. The highest BCUT2D eigenvalue weighted by Gasteiger charge is 2.09. The predicted molar refractivity (Wildman–Crippen MR) is 59.9 cm³/mol. The summed E-state index contributed by atoms with van der Waals surface area (Å²) in [5.41, 5.74) is 1.03. The van der Waals surface area contributed by atoms with Gasteiger partial charge < -0.3 is 0 Å². The molecule has 1 rings (SSSR count). The Morgan fingerprint density at radius 2 is 1.86 bits per heavy atom. The molecule has 0 saturated heterocycles. The van der Waals surface area contributed by atoms with Crippen LogP contribution >= 0.6 is 15.9 Å². The predicted octanol–water partition coefficient (Wildman–Crippen LogP) is 2.12. The zero-order valence-corrected chi connectivity index (χ0v) is 10.0. The Labute approximate surface area is 92.4 Å². The largest absolute Gasteiger partial charge is 0.245 e. The van der Waals surface area contributed by atoms with Crippen LogP contribution in [0.5, 0.6) is 0 Å². The Morgan fingerprint density at radius 3 is 2.36 bits per heavy atom. The van der Waals surface area contributed by atoms with Crippen molar-refractivity contribution in [3.05, 3.63) is 29.8 Å². The Kier molecular flexibility index (Phi) is 3.73. The van der Waals surface area contributed by atoms with E-state index in [1.54, 1.807) is 24.3 Å². The first-order valence-electron chi connectivity index (χ1n) is 3.93. The SMILES string of the molecule is Cc1ccc(S(=O)(=O)C#CCBr)cc1. The standard InChI is InChI=1S/C10H9BrO2S/c1-9-3-5-10(6-4-9)14(12,13)8-2-7-11/h3-6H,7H2,1H3. The number of benzene rings is 1. The molecule has 0 saturated carbocycles. The molecule has 74 valence electrons. The van der Waals surface area contributed by atoms with E-state index in [1.807, 2.05) is 6.92 Å². The van der Waals surface area contributed by atoms with Crippen molar-refractivity contribution >= 4 is 25.8 Å². The van der Waals surface area contributed by atoms with Gasteiger partial charge in [-0.1, -0.05) is 39.5 Å². The molecule has 0 fully saturated rings. The summed E-state index contributed by atoms with van der Waals surface area (Å²) >= 11 is 3.05. The average Bonchev–Trinajstić information content (AvgIpc) is 2.16. The Bertz CT molecular complexity index is 463. The molecule has 0 unspecified atom stereocenters. The van der Waals surface area contributed by atoms with E-state index >= 15 is 0 Å². The Balaban J connectivity index is 3.11. The van der Waals surface area contributed by atoms with Crippen LogP contribution < -0.4 is 0 Å². The van der Waals surface area contributed by atoms with E-state index in [2.05, 4.69) is 27.1 Å². The van der Waals surface area contributed by atoms with Crippen molar-refractivity contribution < 1.29 is 8.42 Å². The molecule has 0 aliphatic rings. The van der Waals surface area contributed by atoms with E-state index in [-0.39, 0.29) is 4.90 Å². The lowest BCUT2D eigenvalue weighted by molar-refractivity contribution is 0.606. The summed E-state index contributed by atoms with van der Waals surface area (Å²) < 4.78 is 23.0. The van der Waals surface area contributed by atoms with Crippen molar-refractivity contribution in [2.24, 2.45) is 0 Å². The highest BCUT2D eigenvalue weighted by Crippen LogP contribution is 2.10. The lowest BCUT2D eigenvalue weighted by Crippen LogP contribution is -1.96. The van der Waals surface area contributed by atoms with Crippen LogP contribution in [-0.4, -0.2) is 13.7 Å². The van der Waals surface area contributed by atoms with E-state index < -0.39 is 9.84 Å². The molecule has 0 heterocycles. The van der Waals surface area contributed by atoms with Crippen LogP contribution in [0, 0.1) is 18.1 Å². The van der Waals surface area contributed by atoms with Crippen LogP contribution in [0.25, 0.3) is 0 Å². The topological polar surface area (TPSA) is 34.1 Å². The van der Waals surface area contributed by atoms with Gasteiger partial charge in [-0.3, -0.25) is 0 Å². The van der Waals surface area contributed by atoms with Gasteiger partial charge in [0.15, 0.2) is 0 Å². The number of aryl methyl sites for hydroxylation is 1. The molecule has 0 radical (unpaired) electrons. The Morgan fingerprint density at radius 1 is 1.29 bits per heavy atom. The fourth-order valence-electron chi connectivity index (χ4n) is 0.899. The fraction of sp³-hybridized carbons (Fsp3) is 0.200. The fourth-order valence-corrected chi connectivity index (χ4v) is 2.10. The molecule has 0 amide bonds. The molecule has 0 spiro atoms. The van der Waals surface area contributed by atoms with Crippen LogP contribution in [0.1, 0.15) is 5.56 Å². The quantitative estimate of drug-likeness (QED) is 0.446. The van der Waals surface area contributed by atoms with Crippen molar-refractivity contribution in [2.45, 2.75) is 11.8 Å². The molecular formula is C10H9BrO2S. The second-order valence-electron chi connectivity index (χ2n) is 2.73. The molecule has 1 aromatic carbocycles. The lowest BCUT2D eigenvalue weighted by atomic mass is 10.2. The van der Waals surface area contributed by atoms with Gasteiger partial charge in [0.1, 0.15) is 0 Å². The summed E-state index contributed by atoms with van der Waals surface area (Å²) in [4.78, 5) is 0.247. The number of alkyl halides is 1. The molecule has 14 heavy (non-hydrogen) atoms. The summed E-state index contributed by atoms with van der Waals surface area (Å²) in [6.07, 6.45) is 0. The van der Waals surface area contributed by atoms with Gasteiger partial charge in [0.05, 0.1) is 10.2 Å². The molecule has 0 aliphatic heterocycles. The summed E-state index contributed by atoms with van der Waals surface area (Å²) in [5, 5.41) is 2.58. The summed E-state index contributed by atoms with van der Waals surface area (Å²) in [5.74, 6) is 2.48. The van der Waals surface area contributed by atoms with Gasteiger partial charge in [-0.25, -0.2) is 8.42 Å². The third-order valence-corrected chi connectivity index (χ3v) is 3.19. The van der Waals surface area contributed by atoms with Gasteiger partial charge in [0.2, 0.25) is 9.84 Å². The minimum atomic E-state index is -3.43. The molecular weight excluding hydrogens is 264 g/mol. The van der Waals surface area contributed by atoms with Crippen LogP contribution in [0.2, 0.25) is 0 Å². The first kappa shape index (κ1) is 11.3. The van der Waals surface area contributed by atoms with Gasteiger partial charge in [0.25, 0.3) is 0 Å². The first-order valence-corrected chi connectivity index (χ1v) is 6.54. The van der Waals surface area contributed by atoms with Crippen molar-refractivity contribution in [1.29, 1.82) is 0 Å². The highest BCUT2D eigenvalue weighted by atomic mass is 79.9. The number of hydrogen-bond donors (Lipinski definition) is 0. The molecule has 2 nitrogen and oxygen atoms in total. The summed E-state index contributed by atoms with van der Waals surface area (Å²) in [6.45, 7) is 1.90. The van der Waals surface area contributed by atoms with Crippen LogP contribution in [0.15, 0.2) is 29.2 Å². The highest BCUT2D eigenvalue weighted by molar-refractivity contribution is 9.09. The molecule has 4 heteroatoms. The van der Waals surface area contributed by atoms with E-state index in [0.29, 0.717) is 5.33 Å². The molecule has 0 aromatic heterocycles. The summed E-state index contributed by atoms with van der Waals surface area (Å²) in [7, 11) is -3.43. The van der Waals surface area contributed by atoms with Crippen LogP contribution in [0.3, 0.4) is 0 Å². The van der Waals surface area contributed by atoms with Crippen molar-refractivity contribution in [3.8, 4) is 11.2 Å². The van der Waals surface area contributed by atoms with Crippen molar-refractivity contribution in [1.82, 2.24) is 0 Å². The number of sulfone groups is 1.